The van der Waals surface area contributed by atoms with E-state index in [1.54, 1.807) is 0 Å². The van der Waals surface area contributed by atoms with Gasteiger partial charge < -0.3 is 31.1 Å². The van der Waals surface area contributed by atoms with E-state index in [-0.39, 0.29) is 11.5 Å². The number of nitrogens with one attached hydrogen (secondary N) is 2. The molecule has 0 saturated carbocycles. The highest BCUT2D eigenvalue weighted by molar-refractivity contribution is 5.89. The van der Waals surface area contributed by atoms with E-state index in [9.17, 15) is 10.2 Å². The lowest BCUT2D eigenvalue weighted by Crippen LogP contribution is -2.33. The minimum absolute atomic E-state index is 0.0185. The van der Waals surface area contributed by atoms with Gasteiger partial charge in [0.05, 0.1) is 6.61 Å². The fourth-order valence-corrected chi connectivity index (χ4v) is 1.99. The van der Waals surface area contributed by atoms with Crippen LogP contribution in [0.15, 0.2) is 6.33 Å². The van der Waals surface area contributed by atoms with Gasteiger partial charge in [0.15, 0.2) is 23.7 Å². The first kappa shape index (κ1) is 14.2. The summed E-state index contributed by atoms with van der Waals surface area (Å²) in [5, 5.41) is 47.2. The molecule has 0 amide bonds. The van der Waals surface area contributed by atoms with E-state index in [2.05, 4.69) is 10.3 Å². The molecule has 1 aliphatic rings. The van der Waals surface area contributed by atoms with Crippen LogP contribution in [0.4, 0.5) is 5.82 Å². The van der Waals surface area contributed by atoms with Crippen molar-refractivity contribution in [1.82, 2.24) is 9.55 Å². The van der Waals surface area contributed by atoms with Gasteiger partial charge in [-0.2, -0.15) is 5.26 Å². The van der Waals surface area contributed by atoms with Crippen molar-refractivity contribution in [2.24, 2.45) is 5.73 Å². The maximum Gasteiger partial charge on any atom is 0.191 e. The van der Waals surface area contributed by atoms with E-state index < -0.39 is 37.1 Å². The quantitative estimate of drug-likeness (QED) is 0.264. The summed E-state index contributed by atoms with van der Waals surface area (Å²) in [6.07, 6.45) is -3.40. The van der Waals surface area contributed by atoms with E-state index in [0.29, 0.717) is 0 Å². The monoisotopic (exact) mass is 282 g/mol. The number of imidazole rings is 1. The molecule has 0 aromatic carbocycles. The fraction of sp³-hybridized carbons (Fsp3) is 0.500. The van der Waals surface area contributed by atoms with Crippen LogP contribution in [-0.2, 0) is 4.74 Å². The second-order valence-electron chi connectivity index (χ2n) is 4.23. The molecule has 1 fully saturated rings. The van der Waals surface area contributed by atoms with Crippen LogP contribution in [-0.4, -0.2) is 55.7 Å². The van der Waals surface area contributed by atoms with Crippen LogP contribution >= 0.6 is 0 Å². The first-order valence-electron chi connectivity index (χ1n) is 5.70. The van der Waals surface area contributed by atoms with Gasteiger partial charge >= 0.3 is 0 Å². The second-order valence-corrected chi connectivity index (χ2v) is 4.23. The zero-order chi connectivity index (χ0) is 14.9. The molecule has 4 atom stereocenters. The van der Waals surface area contributed by atoms with E-state index in [1.165, 1.54) is 10.9 Å². The molecule has 1 saturated heterocycles. The van der Waals surface area contributed by atoms with Gasteiger partial charge in [-0.15, -0.1) is 0 Å². The summed E-state index contributed by atoms with van der Waals surface area (Å²) in [7, 11) is 0. The number of ether oxygens (including phenoxy) is 1. The summed E-state index contributed by atoms with van der Waals surface area (Å²) < 4.78 is 6.49. The third-order valence-corrected chi connectivity index (χ3v) is 2.94. The highest BCUT2D eigenvalue weighted by Crippen LogP contribution is 2.31. The number of rotatable bonds is 3. The maximum absolute atomic E-state index is 9.89. The van der Waals surface area contributed by atoms with E-state index in [1.807, 2.05) is 6.07 Å². The van der Waals surface area contributed by atoms with Crippen molar-refractivity contribution in [3.63, 3.8) is 0 Å². The van der Waals surface area contributed by atoms with Crippen LogP contribution in [0.3, 0.4) is 0 Å². The molecule has 20 heavy (non-hydrogen) atoms. The number of hydrogen-bond acceptors (Lipinski definition) is 7. The van der Waals surface area contributed by atoms with E-state index in [0.717, 1.165) is 0 Å². The van der Waals surface area contributed by atoms with E-state index >= 15 is 0 Å². The molecular weight excluding hydrogens is 268 g/mol. The number of nitrogens with two attached hydrogens (primary N) is 1. The van der Waals surface area contributed by atoms with Crippen LogP contribution in [0.25, 0.3) is 0 Å². The number of aliphatic hydroxyl groups is 3. The first-order valence-corrected chi connectivity index (χ1v) is 5.70. The van der Waals surface area contributed by atoms with Crippen LogP contribution in [0.5, 0.6) is 0 Å². The number of nitrogens with zero attached hydrogens (tertiary/aromatic N) is 3. The van der Waals surface area contributed by atoms with Gasteiger partial charge in [-0.1, -0.05) is 0 Å². The summed E-state index contributed by atoms with van der Waals surface area (Å²) in [4.78, 5) is 3.86. The molecule has 0 unspecified atom stereocenters. The molecule has 2 rings (SSSR count). The second kappa shape index (κ2) is 5.43. The highest BCUT2D eigenvalue weighted by Gasteiger charge is 2.44. The van der Waals surface area contributed by atoms with Crippen molar-refractivity contribution in [2.75, 3.05) is 11.9 Å². The largest absolute Gasteiger partial charge is 0.394 e. The maximum atomic E-state index is 9.89. The first-order chi connectivity index (χ1) is 9.49. The Balaban J connectivity index is 2.32. The lowest BCUT2D eigenvalue weighted by molar-refractivity contribution is -0.0531. The Labute approximate surface area is 113 Å². The Morgan fingerprint density at radius 1 is 1.60 bits per heavy atom. The molecule has 2 heterocycles. The van der Waals surface area contributed by atoms with Crippen molar-refractivity contribution in [3.8, 4) is 6.07 Å². The van der Waals surface area contributed by atoms with Gasteiger partial charge in [0.2, 0.25) is 0 Å². The van der Waals surface area contributed by atoms with Crippen LogP contribution in [0.1, 0.15) is 11.9 Å². The minimum atomic E-state index is -1.32. The molecule has 0 bridgehead atoms. The van der Waals surface area contributed by atoms with Crippen molar-refractivity contribution in [2.45, 2.75) is 24.5 Å². The fourth-order valence-electron chi connectivity index (χ4n) is 1.99. The van der Waals surface area contributed by atoms with Crippen LogP contribution in [0, 0.1) is 16.7 Å². The van der Waals surface area contributed by atoms with Crippen molar-refractivity contribution < 1.29 is 20.1 Å². The third kappa shape index (κ3) is 2.30. The molecule has 0 aliphatic carbocycles. The Morgan fingerprint density at radius 3 is 2.80 bits per heavy atom. The molecule has 10 heteroatoms. The summed E-state index contributed by atoms with van der Waals surface area (Å²) in [6, 6.07) is 1.85. The molecule has 0 radical (unpaired) electrons. The predicted octanol–water partition coefficient (Wildman–Crippen LogP) is -2.33. The van der Waals surface area contributed by atoms with Crippen LogP contribution < -0.4 is 11.1 Å². The number of anilines is 1. The molecule has 1 aromatic rings. The SMILES string of the molecule is N#Cc1c(NC(=N)N)ncn1[C@@H]1O[C@H](CO)[C@@H](O)[C@H]1O. The van der Waals surface area contributed by atoms with Gasteiger partial charge in [0.1, 0.15) is 30.7 Å². The van der Waals surface area contributed by atoms with E-state index in [4.69, 9.17) is 26.2 Å². The standard InChI is InChI=1S/C10H14N6O4/c11-1-4-8(15-10(12)13)14-3-16(4)9-7(19)6(18)5(2-17)20-9/h3,5-7,9,17-19H,2H2,(H4,12,13,15)/t5-,6-,7-,9-/m1/s1. The van der Waals surface area contributed by atoms with Crippen molar-refractivity contribution >= 4 is 11.8 Å². The van der Waals surface area contributed by atoms with Gasteiger partial charge in [0.25, 0.3) is 0 Å². The van der Waals surface area contributed by atoms with Gasteiger partial charge in [0, 0.05) is 0 Å². The lowest BCUT2D eigenvalue weighted by Gasteiger charge is -2.16. The van der Waals surface area contributed by atoms with Crippen molar-refractivity contribution in [3.05, 3.63) is 12.0 Å². The Morgan fingerprint density at radius 2 is 2.30 bits per heavy atom. The molecular formula is C10H14N6O4. The average Bonchev–Trinajstić information content (AvgIpc) is 2.92. The smallest absolute Gasteiger partial charge is 0.191 e. The Bertz CT molecular complexity index is 552. The van der Waals surface area contributed by atoms with Gasteiger partial charge in [-0.25, -0.2) is 4.98 Å². The zero-order valence-corrected chi connectivity index (χ0v) is 10.3. The molecule has 0 spiro atoms. The van der Waals surface area contributed by atoms with Crippen LogP contribution in [0.2, 0.25) is 0 Å². The normalized spacial score (nSPS) is 29.1. The average molecular weight is 282 g/mol. The summed E-state index contributed by atoms with van der Waals surface area (Å²) in [5.74, 6) is -0.356. The number of guanidine groups is 1. The molecule has 10 nitrogen and oxygen atoms in total. The minimum Gasteiger partial charge on any atom is -0.394 e. The molecule has 1 aromatic heterocycles. The van der Waals surface area contributed by atoms with Gasteiger partial charge in [-0.3, -0.25) is 9.98 Å². The third-order valence-electron chi connectivity index (χ3n) is 2.94. The van der Waals surface area contributed by atoms with Gasteiger partial charge in [-0.05, 0) is 0 Å². The number of aliphatic hydroxyl groups excluding tert-OH is 3. The Hall–Kier alpha value is -2.19. The topological polar surface area (TPSA) is 173 Å². The summed E-state index contributed by atoms with van der Waals surface area (Å²) in [6.45, 7) is -0.468. The number of aromatic nitrogens is 2. The molecule has 108 valence electrons. The zero-order valence-electron chi connectivity index (χ0n) is 10.3. The Kier molecular flexibility index (Phi) is 3.86. The highest BCUT2D eigenvalue weighted by atomic mass is 16.6. The molecule has 7 N–H and O–H groups in total. The van der Waals surface area contributed by atoms with Crippen molar-refractivity contribution in [1.29, 1.82) is 10.7 Å². The lowest BCUT2D eigenvalue weighted by atomic mass is 10.1. The predicted molar refractivity (Wildman–Crippen MR) is 65.5 cm³/mol. The molecule has 1 aliphatic heterocycles. The number of hydrogen-bond donors (Lipinski definition) is 6. The number of nitriles is 1. The summed E-state index contributed by atoms with van der Waals surface area (Å²) >= 11 is 0. The summed E-state index contributed by atoms with van der Waals surface area (Å²) in [5.41, 5.74) is 5.15.